The number of halogens is 4. The van der Waals surface area contributed by atoms with Crippen LogP contribution in [0.4, 0.5) is 18.9 Å². The Morgan fingerprint density at radius 2 is 1.90 bits per heavy atom. The van der Waals surface area contributed by atoms with Crippen molar-refractivity contribution < 1.29 is 13.2 Å². The minimum Gasteiger partial charge on any atom is -0.379 e. The van der Waals surface area contributed by atoms with Gasteiger partial charge in [-0.05, 0) is 6.42 Å². The Balaban J connectivity index is 2.04. The van der Waals surface area contributed by atoms with Crippen LogP contribution in [0.25, 0.3) is 0 Å². The van der Waals surface area contributed by atoms with E-state index in [1.807, 2.05) is 0 Å². The predicted molar refractivity (Wildman–Crippen MR) is 75.9 cm³/mol. The molecule has 114 valence electrons. The number of unbranched alkanes of at least 4 members (excludes halogenated alkanes) is 1. The number of benzene rings is 1. The number of hydrogen-bond donors (Lipinski definition) is 2. The molecule has 1 aromatic heterocycles. The number of nitrogens with zero attached hydrogens (tertiary/aromatic N) is 1. The van der Waals surface area contributed by atoms with Crippen molar-refractivity contribution in [2.75, 3.05) is 5.32 Å². The number of rotatable bonds is 6. The molecule has 2 aromatic rings. The van der Waals surface area contributed by atoms with Crippen LogP contribution >= 0.6 is 11.6 Å². The second kappa shape index (κ2) is 6.85. The van der Waals surface area contributed by atoms with Crippen LogP contribution in [0.3, 0.4) is 0 Å². The Kier molecular flexibility index (Phi) is 5.12. The normalized spacial score (nSPS) is 10.9. The summed E-state index contributed by atoms with van der Waals surface area (Å²) in [6.45, 7) is 2.28. The molecular formula is C14H15ClF3N3. The molecule has 0 atom stereocenters. The summed E-state index contributed by atoms with van der Waals surface area (Å²) in [4.78, 5) is 7.23. The van der Waals surface area contributed by atoms with E-state index >= 15 is 0 Å². The zero-order valence-corrected chi connectivity index (χ0v) is 12.2. The van der Waals surface area contributed by atoms with Crippen LogP contribution < -0.4 is 5.32 Å². The molecule has 2 N–H and O–H groups in total. The third kappa shape index (κ3) is 3.91. The Morgan fingerprint density at radius 1 is 1.24 bits per heavy atom. The summed E-state index contributed by atoms with van der Waals surface area (Å²) in [5, 5.41) is 3.09. The number of nitrogens with one attached hydrogen (secondary N) is 2. The largest absolute Gasteiger partial charge is 0.379 e. The zero-order valence-electron chi connectivity index (χ0n) is 11.4. The third-order valence-corrected chi connectivity index (χ3v) is 3.31. The zero-order chi connectivity index (χ0) is 15.4. The van der Waals surface area contributed by atoms with E-state index in [0.29, 0.717) is 10.8 Å². The highest BCUT2D eigenvalue weighted by molar-refractivity contribution is 6.30. The lowest BCUT2D eigenvalue weighted by Gasteiger charge is -2.06. The van der Waals surface area contributed by atoms with Crippen molar-refractivity contribution in [2.45, 2.75) is 32.7 Å². The van der Waals surface area contributed by atoms with E-state index in [9.17, 15) is 13.2 Å². The molecule has 0 aliphatic rings. The highest BCUT2D eigenvalue weighted by Gasteiger charge is 2.12. The Morgan fingerprint density at radius 3 is 2.52 bits per heavy atom. The van der Waals surface area contributed by atoms with Gasteiger partial charge in [0, 0.05) is 24.2 Å². The maximum atomic E-state index is 13.1. The van der Waals surface area contributed by atoms with Crippen LogP contribution in [0.5, 0.6) is 0 Å². The van der Waals surface area contributed by atoms with Crippen LogP contribution in [0.15, 0.2) is 12.1 Å². The number of anilines is 1. The van der Waals surface area contributed by atoms with Gasteiger partial charge in [-0.3, -0.25) is 0 Å². The topological polar surface area (TPSA) is 40.7 Å². The molecule has 0 bridgehead atoms. The van der Waals surface area contributed by atoms with Gasteiger partial charge in [0.15, 0.2) is 22.6 Å². The molecule has 7 heteroatoms. The van der Waals surface area contributed by atoms with Crippen molar-refractivity contribution in [3.05, 3.63) is 46.3 Å². The minimum atomic E-state index is -1.48. The lowest BCUT2D eigenvalue weighted by atomic mass is 10.2. The average Bonchev–Trinajstić information content (AvgIpc) is 2.80. The van der Waals surface area contributed by atoms with Gasteiger partial charge in [-0.15, -0.1) is 0 Å². The van der Waals surface area contributed by atoms with E-state index in [1.54, 1.807) is 0 Å². The summed E-state index contributed by atoms with van der Waals surface area (Å²) in [5.74, 6) is -3.19. The first kappa shape index (κ1) is 15.7. The highest BCUT2D eigenvalue weighted by Crippen LogP contribution is 2.20. The lowest BCUT2D eigenvalue weighted by molar-refractivity contribution is 0.447. The quantitative estimate of drug-likeness (QED) is 0.774. The fourth-order valence-corrected chi connectivity index (χ4v) is 2.08. The van der Waals surface area contributed by atoms with Gasteiger partial charge in [-0.2, -0.15) is 0 Å². The monoisotopic (exact) mass is 317 g/mol. The van der Waals surface area contributed by atoms with Gasteiger partial charge in [0.25, 0.3) is 0 Å². The standard InChI is InChI=1S/C14H15ClF3N3/c1-2-3-4-12-20-11(14(15)21-12)7-19-8-5-9(16)13(18)10(17)6-8/h5-6,19H,2-4,7H2,1H3,(H,20,21). The molecule has 0 amide bonds. The molecule has 0 fully saturated rings. The Bertz CT molecular complexity index is 605. The molecule has 0 spiro atoms. The molecule has 1 aromatic carbocycles. The summed E-state index contributed by atoms with van der Waals surface area (Å²) in [6.07, 6.45) is 2.82. The summed E-state index contributed by atoms with van der Waals surface area (Å²) in [5.41, 5.74) is 0.750. The number of H-pyrrole nitrogens is 1. The van der Waals surface area contributed by atoms with Crippen LogP contribution in [0, 0.1) is 17.5 Å². The van der Waals surface area contributed by atoms with Gasteiger partial charge in [0.2, 0.25) is 0 Å². The van der Waals surface area contributed by atoms with E-state index in [-0.39, 0.29) is 12.2 Å². The van der Waals surface area contributed by atoms with E-state index in [2.05, 4.69) is 22.2 Å². The van der Waals surface area contributed by atoms with Crippen molar-refractivity contribution in [2.24, 2.45) is 0 Å². The highest BCUT2D eigenvalue weighted by atomic mass is 35.5. The van der Waals surface area contributed by atoms with Crippen LogP contribution in [0.2, 0.25) is 5.15 Å². The predicted octanol–water partition coefficient (Wildman–Crippen LogP) is 4.44. The maximum absolute atomic E-state index is 13.1. The molecule has 0 saturated heterocycles. The first-order chi connectivity index (χ1) is 10.0. The van der Waals surface area contributed by atoms with Crippen molar-refractivity contribution in [1.82, 2.24) is 9.97 Å². The molecule has 2 rings (SSSR count). The summed E-state index contributed by atoms with van der Waals surface area (Å²) >= 11 is 5.99. The van der Waals surface area contributed by atoms with Crippen molar-refractivity contribution in [1.29, 1.82) is 0 Å². The molecule has 0 unspecified atom stereocenters. The van der Waals surface area contributed by atoms with Gasteiger partial charge < -0.3 is 10.3 Å². The first-order valence-electron chi connectivity index (χ1n) is 6.63. The van der Waals surface area contributed by atoms with Crippen molar-refractivity contribution in [3.63, 3.8) is 0 Å². The summed E-state index contributed by atoms with van der Waals surface area (Å²) in [7, 11) is 0. The molecule has 0 aliphatic heterocycles. The third-order valence-electron chi connectivity index (χ3n) is 3.00. The molecule has 21 heavy (non-hydrogen) atoms. The number of imidazole rings is 1. The van der Waals surface area contributed by atoms with Crippen molar-refractivity contribution >= 4 is 17.3 Å². The van der Waals surface area contributed by atoms with Gasteiger partial charge in [-0.25, -0.2) is 18.2 Å². The summed E-state index contributed by atoms with van der Waals surface area (Å²) < 4.78 is 39.0. The second-order valence-corrected chi connectivity index (χ2v) is 5.02. The van der Waals surface area contributed by atoms with Crippen molar-refractivity contribution in [3.8, 4) is 0 Å². The van der Waals surface area contributed by atoms with Gasteiger partial charge in [0.1, 0.15) is 5.82 Å². The number of aryl methyl sites for hydroxylation is 1. The Hall–Kier alpha value is -1.69. The van der Waals surface area contributed by atoms with E-state index in [0.717, 1.165) is 37.2 Å². The fraction of sp³-hybridized carbons (Fsp3) is 0.357. The van der Waals surface area contributed by atoms with Gasteiger partial charge >= 0.3 is 0 Å². The van der Waals surface area contributed by atoms with Crippen LogP contribution in [-0.4, -0.2) is 9.97 Å². The lowest BCUT2D eigenvalue weighted by Crippen LogP contribution is -2.03. The van der Waals surface area contributed by atoms with E-state index in [4.69, 9.17) is 11.6 Å². The number of aromatic nitrogens is 2. The second-order valence-electron chi connectivity index (χ2n) is 4.66. The first-order valence-corrected chi connectivity index (χ1v) is 7.00. The van der Waals surface area contributed by atoms with Gasteiger partial charge in [-0.1, -0.05) is 24.9 Å². The SMILES string of the molecule is CCCCc1nc(Cl)c(CNc2cc(F)c(F)c(F)c2)[nH]1. The van der Waals surface area contributed by atoms with E-state index < -0.39 is 17.5 Å². The Labute approximate surface area is 125 Å². The molecule has 0 aliphatic carbocycles. The average molecular weight is 318 g/mol. The number of aromatic amines is 1. The number of hydrogen-bond acceptors (Lipinski definition) is 2. The minimum absolute atomic E-state index is 0.132. The van der Waals surface area contributed by atoms with Crippen LogP contribution in [-0.2, 0) is 13.0 Å². The van der Waals surface area contributed by atoms with Gasteiger partial charge in [0.05, 0.1) is 12.2 Å². The molecule has 0 saturated carbocycles. The smallest absolute Gasteiger partial charge is 0.194 e. The molecule has 3 nitrogen and oxygen atoms in total. The fourth-order valence-electron chi connectivity index (χ4n) is 1.87. The summed E-state index contributed by atoms with van der Waals surface area (Å²) in [6, 6.07) is 1.78. The molecule has 1 heterocycles. The van der Waals surface area contributed by atoms with Crippen LogP contribution in [0.1, 0.15) is 31.3 Å². The molecule has 0 radical (unpaired) electrons. The maximum Gasteiger partial charge on any atom is 0.194 e. The van der Waals surface area contributed by atoms with E-state index in [1.165, 1.54) is 0 Å². The molecular weight excluding hydrogens is 303 g/mol.